The second-order valence-corrected chi connectivity index (χ2v) is 3.89. The molecule has 0 spiro atoms. The van der Waals surface area contributed by atoms with Crippen LogP contribution in [0.2, 0.25) is 0 Å². The van der Waals surface area contributed by atoms with Gasteiger partial charge in [-0.1, -0.05) is 5.92 Å². The van der Waals surface area contributed by atoms with Crippen molar-refractivity contribution < 1.29 is 18.4 Å². The minimum absolute atomic E-state index is 0.161. The topological polar surface area (TPSA) is 46.5 Å². The Morgan fingerprint density at radius 1 is 1.90 bits per heavy atom. The summed E-state index contributed by atoms with van der Waals surface area (Å²) in [5.41, 5.74) is 0. The summed E-state index contributed by atoms with van der Waals surface area (Å²) >= 11 is 0. The van der Waals surface area contributed by atoms with E-state index in [4.69, 9.17) is 11.3 Å². The van der Waals surface area contributed by atoms with Gasteiger partial charge < -0.3 is 9.42 Å². The summed E-state index contributed by atoms with van der Waals surface area (Å²) in [6.07, 6.45) is 4.84. The zero-order valence-electron chi connectivity index (χ0n) is 5.03. The average molecular weight is 164 g/mol. The molecule has 5 heteroatoms. The van der Waals surface area contributed by atoms with Gasteiger partial charge in [-0.2, -0.15) is 0 Å². The first-order valence-electron chi connectivity index (χ1n) is 2.65. The lowest BCUT2D eigenvalue weighted by Crippen LogP contribution is -2.07. The molecule has 3 atom stereocenters. The number of terminal acetylenes is 1. The number of halogens is 1. The maximum absolute atomic E-state index is 12.6. The van der Waals surface area contributed by atoms with Crippen LogP contribution in [0.3, 0.4) is 0 Å². The lowest BCUT2D eigenvalue weighted by molar-refractivity contribution is 0.286. The molecule has 0 radical (unpaired) electrons. The van der Waals surface area contributed by atoms with Gasteiger partial charge in [0, 0.05) is 0 Å². The van der Waals surface area contributed by atoms with Crippen LogP contribution in [0, 0.1) is 18.3 Å². The molecule has 10 heavy (non-hydrogen) atoms. The molecule has 0 bridgehead atoms. The molecule has 1 N–H and O–H groups in total. The smallest absolute Gasteiger partial charge is 0.322 e. The molecule has 0 aliphatic carbocycles. The highest BCUT2D eigenvalue weighted by Gasteiger charge is 2.45. The molecule has 1 fully saturated rings. The zero-order chi connectivity index (χ0) is 7.78. The minimum Gasteiger partial charge on any atom is -0.322 e. The molecule has 0 aromatic carbocycles. The maximum Gasteiger partial charge on any atom is 0.363 e. The third-order valence-corrected chi connectivity index (χ3v) is 2.80. The van der Waals surface area contributed by atoms with Crippen molar-refractivity contribution in [2.24, 2.45) is 5.92 Å². The van der Waals surface area contributed by atoms with Crippen LogP contribution in [-0.2, 0) is 9.09 Å². The molecule has 1 heterocycles. The van der Waals surface area contributed by atoms with Gasteiger partial charge in [0.25, 0.3) is 0 Å². The summed E-state index contributed by atoms with van der Waals surface area (Å²) in [6.45, 7) is -0.161. The van der Waals surface area contributed by atoms with E-state index in [1.807, 2.05) is 5.92 Å². The van der Waals surface area contributed by atoms with Crippen molar-refractivity contribution in [3.8, 4) is 12.3 Å². The zero-order valence-corrected chi connectivity index (χ0v) is 5.92. The molecular weight excluding hydrogens is 158 g/mol. The molecule has 1 rings (SSSR count). The Hall–Kier alpha value is -0.360. The van der Waals surface area contributed by atoms with Crippen molar-refractivity contribution >= 4 is 7.60 Å². The van der Waals surface area contributed by atoms with E-state index in [1.54, 1.807) is 0 Å². The van der Waals surface area contributed by atoms with Gasteiger partial charge in [0.05, 0.1) is 12.5 Å². The van der Waals surface area contributed by atoms with Crippen LogP contribution in [0.25, 0.3) is 0 Å². The van der Waals surface area contributed by atoms with Crippen LogP contribution >= 0.6 is 7.60 Å². The van der Waals surface area contributed by atoms with Crippen molar-refractivity contribution in [2.75, 3.05) is 6.61 Å². The number of alkyl halides is 1. The maximum atomic E-state index is 12.6. The molecule has 0 amide bonds. The van der Waals surface area contributed by atoms with E-state index in [2.05, 4.69) is 4.52 Å². The lowest BCUT2D eigenvalue weighted by atomic mass is 10.2. The van der Waals surface area contributed by atoms with Crippen LogP contribution in [0.1, 0.15) is 0 Å². The lowest BCUT2D eigenvalue weighted by Gasteiger charge is -2.03. The first kappa shape index (κ1) is 7.74. The van der Waals surface area contributed by atoms with E-state index >= 15 is 0 Å². The SMILES string of the molecule is C#CC1COP(=O)(O)C1F. The highest BCUT2D eigenvalue weighted by Crippen LogP contribution is 2.56. The predicted molar refractivity (Wildman–Crippen MR) is 33.0 cm³/mol. The number of rotatable bonds is 0. The monoisotopic (exact) mass is 164 g/mol. The molecule has 0 saturated carbocycles. The number of hydrogen-bond acceptors (Lipinski definition) is 2. The second-order valence-electron chi connectivity index (χ2n) is 2.01. The standard InChI is InChI=1S/C5H6FO3P/c1-2-4-3-9-10(7,8)5(4)6/h1,4-5H,3H2,(H,7,8). The summed E-state index contributed by atoms with van der Waals surface area (Å²) in [5.74, 6) is -0.733. The van der Waals surface area contributed by atoms with Crippen LogP contribution in [0.5, 0.6) is 0 Å². The third kappa shape index (κ3) is 1.08. The normalized spacial score (nSPS) is 46.9. The summed E-state index contributed by atoms with van der Waals surface area (Å²) in [7, 11) is -4.02. The molecule has 1 aliphatic heterocycles. The van der Waals surface area contributed by atoms with Gasteiger partial charge in [0.2, 0.25) is 5.91 Å². The van der Waals surface area contributed by atoms with Gasteiger partial charge >= 0.3 is 7.60 Å². The molecular formula is C5H6FO3P. The fourth-order valence-corrected chi connectivity index (χ4v) is 1.84. The molecule has 1 saturated heterocycles. The Bertz CT molecular complexity index is 221. The van der Waals surface area contributed by atoms with Gasteiger partial charge in [0.1, 0.15) is 0 Å². The van der Waals surface area contributed by atoms with Crippen LogP contribution in [0.4, 0.5) is 4.39 Å². The van der Waals surface area contributed by atoms with Crippen molar-refractivity contribution in [2.45, 2.75) is 5.91 Å². The number of hydrogen-bond donors (Lipinski definition) is 1. The van der Waals surface area contributed by atoms with E-state index in [1.165, 1.54) is 0 Å². The van der Waals surface area contributed by atoms with E-state index in [-0.39, 0.29) is 6.61 Å². The Labute approximate surface area is 57.7 Å². The van der Waals surface area contributed by atoms with E-state index in [0.29, 0.717) is 0 Å². The Balaban J connectivity index is 2.79. The largest absolute Gasteiger partial charge is 0.363 e. The third-order valence-electron chi connectivity index (χ3n) is 1.30. The Morgan fingerprint density at radius 3 is 2.70 bits per heavy atom. The van der Waals surface area contributed by atoms with E-state index < -0.39 is 19.4 Å². The van der Waals surface area contributed by atoms with Gasteiger partial charge in [-0.15, -0.1) is 6.42 Å². The first-order chi connectivity index (χ1) is 4.58. The summed E-state index contributed by atoms with van der Waals surface area (Å²) in [5, 5.41) is 0. The minimum atomic E-state index is -4.02. The van der Waals surface area contributed by atoms with Gasteiger partial charge in [-0.3, -0.25) is 4.57 Å². The molecule has 56 valence electrons. The summed E-state index contributed by atoms with van der Waals surface area (Å²) in [6, 6.07) is 0. The van der Waals surface area contributed by atoms with E-state index in [0.717, 1.165) is 0 Å². The van der Waals surface area contributed by atoms with Gasteiger partial charge in [0.15, 0.2) is 0 Å². The predicted octanol–water partition coefficient (Wildman–Crippen LogP) is 0.747. The Morgan fingerprint density at radius 2 is 2.50 bits per heavy atom. The van der Waals surface area contributed by atoms with Gasteiger partial charge in [-0.05, 0) is 0 Å². The molecule has 3 nitrogen and oxygen atoms in total. The quantitative estimate of drug-likeness (QED) is 0.424. The highest BCUT2D eigenvalue weighted by atomic mass is 31.2. The van der Waals surface area contributed by atoms with Crippen molar-refractivity contribution in [3.63, 3.8) is 0 Å². The molecule has 1 aliphatic rings. The first-order valence-corrected chi connectivity index (χ1v) is 4.30. The fourth-order valence-electron chi connectivity index (χ4n) is 0.693. The van der Waals surface area contributed by atoms with Crippen LogP contribution in [0.15, 0.2) is 0 Å². The van der Waals surface area contributed by atoms with Crippen molar-refractivity contribution in [1.82, 2.24) is 0 Å². The average Bonchev–Trinajstić information content (AvgIpc) is 2.10. The molecule has 0 aromatic heterocycles. The molecule has 3 unspecified atom stereocenters. The summed E-state index contributed by atoms with van der Waals surface area (Å²) < 4.78 is 27.4. The fraction of sp³-hybridized carbons (Fsp3) is 0.600. The van der Waals surface area contributed by atoms with Gasteiger partial charge in [-0.25, -0.2) is 4.39 Å². The second kappa shape index (κ2) is 2.35. The summed E-state index contributed by atoms with van der Waals surface area (Å²) in [4.78, 5) is 8.63. The molecule has 0 aromatic rings. The van der Waals surface area contributed by atoms with Crippen LogP contribution < -0.4 is 0 Å². The van der Waals surface area contributed by atoms with Crippen LogP contribution in [-0.4, -0.2) is 17.4 Å². The highest BCUT2D eigenvalue weighted by molar-refractivity contribution is 7.53. The van der Waals surface area contributed by atoms with E-state index in [9.17, 15) is 8.96 Å². The van der Waals surface area contributed by atoms with Crippen molar-refractivity contribution in [3.05, 3.63) is 0 Å². The van der Waals surface area contributed by atoms with Crippen molar-refractivity contribution in [1.29, 1.82) is 0 Å². The Kier molecular flexibility index (Phi) is 1.82.